The molecular formula is C24H27Cl2FN2O3. The van der Waals surface area contributed by atoms with Gasteiger partial charge in [-0.2, -0.15) is 0 Å². The minimum atomic E-state index is -0.712. The number of halogens is 3. The molecule has 0 radical (unpaired) electrons. The van der Waals surface area contributed by atoms with Crippen LogP contribution in [0, 0.1) is 5.82 Å². The van der Waals surface area contributed by atoms with Crippen LogP contribution in [0.4, 0.5) is 4.39 Å². The molecule has 2 amide bonds. The van der Waals surface area contributed by atoms with E-state index in [1.54, 1.807) is 25.1 Å². The first-order valence-corrected chi connectivity index (χ1v) is 11.5. The highest BCUT2D eigenvalue weighted by Gasteiger charge is 2.28. The molecule has 2 aromatic rings. The van der Waals surface area contributed by atoms with Gasteiger partial charge in [0.1, 0.15) is 17.6 Å². The van der Waals surface area contributed by atoms with Crippen LogP contribution < -0.4 is 10.1 Å². The van der Waals surface area contributed by atoms with E-state index in [-0.39, 0.29) is 31.0 Å². The third-order valence-corrected chi connectivity index (χ3v) is 6.37. The molecule has 5 nitrogen and oxygen atoms in total. The van der Waals surface area contributed by atoms with Crippen molar-refractivity contribution in [3.8, 4) is 5.75 Å². The lowest BCUT2D eigenvalue weighted by Crippen LogP contribution is -2.51. The monoisotopic (exact) mass is 480 g/mol. The standard InChI is InChI=1S/C24H27Cl2FN2O3/c1-16(24(31)28-19-5-3-2-4-6-19)29(14-17-7-12-21(25)22(26)13-17)23(30)15-32-20-10-8-18(27)9-11-20/h7-13,16,19H,2-6,14-15H2,1H3,(H,28,31). The molecular weight excluding hydrogens is 454 g/mol. The summed E-state index contributed by atoms with van der Waals surface area (Å²) in [6, 6.07) is 9.94. The first-order valence-electron chi connectivity index (χ1n) is 10.8. The van der Waals surface area contributed by atoms with Gasteiger partial charge in [0, 0.05) is 12.6 Å². The lowest BCUT2D eigenvalue weighted by molar-refractivity contribution is -0.142. The van der Waals surface area contributed by atoms with Crippen molar-refractivity contribution in [3.05, 3.63) is 63.9 Å². The minimum absolute atomic E-state index is 0.135. The number of nitrogens with zero attached hydrogens (tertiary/aromatic N) is 1. The summed E-state index contributed by atoms with van der Waals surface area (Å²) >= 11 is 12.1. The maximum absolute atomic E-state index is 13.1. The van der Waals surface area contributed by atoms with Crippen LogP contribution in [0.2, 0.25) is 10.0 Å². The summed E-state index contributed by atoms with van der Waals surface area (Å²) in [5.41, 5.74) is 0.742. The topological polar surface area (TPSA) is 58.6 Å². The highest BCUT2D eigenvalue weighted by atomic mass is 35.5. The van der Waals surface area contributed by atoms with Crippen LogP contribution in [0.15, 0.2) is 42.5 Å². The van der Waals surface area contributed by atoms with E-state index < -0.39 is 11.9 Å². The smallest absolute Gasteiger partial charge is 0.261 e. The Balaban J connectivity index is 1.72. The Hall–Kier alpha value is -2.31. The van der Waals surface area contributed by atoms with Crippen molar-refractivity contribution < 1.29 is 18.7 Å². The molecule has 0 heterocycles. The molecule has 1 aliphatic rings. The van der Waals surface area contributed by atoms with Crippen molar-refractivity contribution in [2.45, 2.75) is 57.7 Å². The number of rotatable bonds is 8. The molecule has 0 saturated heterocycles. The zero-order valence-corrected chi connectivity index (χ0v) is 19.5. The molecule has 1 aliphatic carbocycles. The van der Waals surface area contributed by atoms with Crippen molar-refractivity contribution in [3.63, 3.8) is 0 Å². The Bertz CT molecular complexity index is 933. The van der Waals surface area contributed by atoms with Gasteiger partial charge in [0.25, 0.3) is 5.91 Å². The van der Waals surface area contributed by atoms with E-state index in [2.05, 4.69) is 5.32 Å². The molecule has 0 bridgehead atoms. The summed E-state index contributed by atoms with van der Waals surface area (Å²) in [6.07, 6.45) is 5.28. The number of benzene rings is 2. The normalized spacial score (nSPS) is 15.1. The van der Waals surface area contributed by atoms with Crippen LogP contribution in [0.5, 0.6) is 5.75 Å². The molecule has 1 atom stereocenters. The summed E-state index contributed by atoms with van der Waals surface area (Å²) in [4.78, 5) is 27.5. The molecule has 8 heteroatoms. The Morgan fingerprint density at radius 3 is 2.44 bits per heavy atom. The molecule has 3 rings (SSSR count). The van der Waals surface area contributed by atoms with Crippen molar-refractivity contribution in [2.75, 3.05) is 6.61 Å². The van der Waals surface area contributed by atoms with Gasteiger partial charge in [0.15, 0.2) is 6.61 Å². The zero-order chi connectivity index (χ0) is 23.1. The molecule has 172 valence electrons. The summed E-state index contributed by atoms with van der Waals surface area (Å²) in [5, 5.41) is 3.86. The van der Waals surface area contributed by atoms with E-state index >= 15 is 0 Å². The predicted octanol–water partition coefficient (Wildman–Crippen LogP) is 5.38. The maximum atomic E-state index is 13.1. The Labute approximate surface area is 197 Å². The van der Waals surface area contributed by atoms with Gasteiger partial charge in [-0.05, 0) is 61.7 Å². The first kappa shape index (κ1) is 24.3. The molecule has 1 saturated carbocycles. The highest BCUT2D eigenvalue weighted by Crippen LogP contribution is 2.24. The van der Waals surface area contributed by atoms with Crippen molar-refractivity contribution in [1.29, 1.82) is 0 Å². The zero-order valence-electron chi connectivity index (χ0n) is 18.0. The fraction of sp³-hybridized carbons (Fsp3) is 0.417. The van der Waals surface area contributed by atoms with Crippen molar-refractivity contribution in [1.82, 2.24) is 10.2 Å². The maximum Gasteiger partial charge on any atom is 0.261 e. The molecule has 2 aromatic carbocycles. The Morgan fingerprint density at radius 1 is 1.09 bits per heavy atom. The SMILES string of the molecule is CC(C(=O)NC1CCCCC1)N(Cc1ccc(Cl)c(Cl)c1)C(=O)COc1ccc(F)cc1. The van der Waals surface area contributed by atoms with Gasteiger partial charge in [-0.15, -0.1) is 0 Å². The number of carbonyl (C=O) groups excluding carboxylic acids is 2. The predicted molar refractivity (Wildman–Crippen MR) is 123 cm³/mol. The number of ether oxygens (including phenoxy) is 1. The lowest BCUT2D eigenvalue weighted by Gasteiger charge is -2.31. The number of nitrogens with one attached hydrogen (secondary N) is 1. The Morgan fingerprint density at radius 2 is 1.78 bits per heavy atom. The molecule has 0 spiro atoms. The second kappa shape index (κ2) is 11.5. The molecule has 0 aromatic heterocycles. The molecule has 1 fully saturated rings. The van der Waals surface area contributed by atoms with Crippen LogP contribution in [0.1, 0.15) is 44.6 Å². The van der Waals surface area contributed by atoms with Gasteiger partial charge in [0.05, 0.1) is 10.0 Å². The molecule has 32 heavy (non-hydrogen) atoms. The van der Waals surface area contributed by atoms with E-state index in [1.807, 2.05) is 0 Å². The summed E-state index contributed by atoms with van der Waals surface area (Å²) in [7, 11) is 0. The van der Waals surface area contributed by atoms with Gasteiger partial charge in [0.2, 0.25) is 5.91 Å². The molecule has 1 N–H and O–H groups in total. The largest absolute Gasteiger partial charge is 0.484 e. The van der Waals surface area contributed by atoms with Crippen LogP contribution in [0.3, 0.4) is 0 Å². The van der Waals surface area contributed by atoms with Crippen molar-refractivity contribution in [2.24, 2.45) is 0 Å². The van der Waals surface area contributed by atoms with Crippen LogP contribution >= 0.6 is 23.2 Å². The van der Waals surface area contributed by atoms with Crippen molar-refractivity contribution >= 4 is 35.0 Å². The van der Waals surface area contributed by atoms with Gasteiger partial charge in [-0.1, -0.05) is 48.5 Å². The fourth-order valence-corrected chi connectivity index (χ4v) is 4.07. The van der Waals surface area contributed by atoms with Crippen LogP contribution in [-0.4, -0.2) is 35.4 Å². The third-order valence-electron chi connectivity index (χ3n) is 5.63. The van der Waals surface area contributed by atoms with E-state index in [9.17, 15) is 14.0 Å². The van der Waals surface area contributed by atoms with Gasteiger partial charge < -0.3 is 15.0 Å². The second-order valence-electron chi connectivity index (χ2n) is 8.03. The average Bonchev–Trinajstić information content (AvgIpc) is 2.79. The number of carbonyl (C=O) groups is 2. The highest BCUT2D eigenvalue weighted by molar-refractivity contribution is 6.42. The Kier molecular flexibility index (Phi) is 8.76. The van der Waals surface area contributed by atoms with E-state index in [0.29, 0.717) is 15.8 Å². The van der Waals surface area contributed by atoms with Crippen LogP contribution in [-0.2, 0) is 16.1 Å². The summed E-state index contributed by atoms with van der Waals surface area (Å²) < 4.78 is 18.6. The lowest BCUT2D eigenvalue weighted by atomic mass is 9.95. The molecule has 1 unspecified atom stereocenters. The average molecular weight is 481 g/mol. The van der Waals surface area contributed by atoms with Gasteiger partial charge >= 0.3 is 0 Å². The number of hydrogen-bond acceptors (Lipinski definition) is 3. The third kappa shape index (κ3) is 6.84. The van der Waals surface area contributed by atoms with Gasteiger partial charge in [-0.3, -0.25) is 9.59 Å². The summed E-state index contributed by atoms with van der Waals surface area (Å²) in [6.45, 7) is 1.58. The fourth-order valence-electron chi connectivity index (χ4n) is 3.74. The number of amides is 2. The van der Waals surface area contributed by atoms with E-state index in [0.717, 1.165) is 31.2 Å². The summed E-state index contributed by atoms with van der Waals surface area (Å²) in [5.74, 6) is -0.592. The quantitative estimate of drug-likeness (QED) is 0.551. The first-order chi connectivity index (χ1) is 15.3. The molecule has 0 aliphatic heterocycles. The van der Waals surface area contributed by atoms with Gasteiger partial charge in [-0.25, -0.2) is 4.39 Å². The van der Waals surface area contributed by atoms with E-state index in [4.69, 9.17) is 27.9 Å². The van der Waals surface area contributed by atoms with Crippen LogP contribution in [0.25, 0.3) is 0 Å². The van der Waals surface area contributed by atoms with E-state index in [1.165, 1.54) is 35.6 Å². The second-order valence-corrected chi connectivity index (χ2v) is 8.85. The number of hydrogen-bond donors (Lipinski definition) is 1. The minimum Gasteiger partial charge on any atom is -0.484 e.